The molecule has 0 aliphatic heterocycles. The SMILES string of the molecule is O=C(C=Cc1cccnc1)c1cc(Cl)ccc1O. The molecule has 2 aromatic rings. The van der Waals surface area contributed by atoms with E-state index in [9.17, 15) is 9.90 Å². The summed E-state index contributed by atoms with van der Waals surface area (Å²) in [6.07, 6.45) is 6.31. The normalized spacial score (nSPS) is 10.7. The Morgan fingerprint density at radius 1 is 1.33 bits per heavy atom. The first-order valence-corrected chi connectivity index (χ1v) is 5.65. The molecule has 1 N–H and O–H groups in total. The Bertz CT molecular complexity index is 594. The van der Waals surface area contributed by atoms with Crippen molar-refractivity contribution in [1.29, 1.82) is 0 Å². The first-order valence-electron chi connectivity index (χ1n) is 5.28. The topological polar surface area (TPSA) is 50.2 Å². The minimum absolute atomic E-state index is 0.0831. The summed E-state index contributed by atoms with van der Waals surface area (Å²) in [5, 5.41) is 9.99. The molecule has 1 aromatic heterocycles. The Balaban J connectivity index is 2.22. The van der Waals surface area contributed by atoms with Crippen molar-refractivity contribution < 1.29 is 9.90 Å². The molecule has 0 amide bonds. The maximum absolute atomic E-state index is 11.9. The highest BCUT2D eigenvalue weighted by molar-refractivity contribution is 6.31. The minimum atomic E-state index is -0.307. The third-order valence-electron chi connectivity index (χ3n) is 2.34. The monoisotopic (exact) mass is 259 g/mol. The van der Waals surface area contributed by atoms with Crippen LogP contribution in [0.15, 0.2) is 48.8 Å². The van der Waals surface area contributed by atoms with Crippen molar-refractivity contribution in [2.75, 3.05) is 0 Å². The van der Waals surface area contributed by atoms with Crippen LogP contribution in [0.25, 0.3) is 6.08 Å². The maximum Gasteiger partial charge on any atom is 0.189 e. The molecule has 0 aliphatic carbocycles. The van der Waals surface area contributed by atoms with Crippen LogP contribution in [0.3, 0.4) is 0 Å². The maximum atomic E-state index is 11.9. The van der Waals surface area contributed by atoms with Gasteiger partial charge in [-0.15, -0.1) is 0 Å². The smallest absolute Gasteiger partial charge is 0.189 e. The summed E-state index contributed by atoms with van der Waals surface area (Å²) in [6, 6.07) is 7.97. The first-order chi connectivity index (χ1) is 8.66. The zero-order chi connectivity index (χ0) is 13.0. The minimum Gasteiger partial charge on any atom is -0.507 e. The quantitative estimate of drug-likeness (QED) is 0.679. The van der Waals surface area contributed by atoms with Gasteiger partial charge in [-0.05, 0) is 42.0 Å². The first kappa shape index (κ1) is 12.3. The van der Waals surface area contributed by atoms with Gasteiger partial charge in [0.25, 0.3) is 0 Å². The van der Waals surface area contributed by atoms with Crippen molar-refractivity contribution >= 4 is 23.5 Å². The van der Waals surface area contributed by atoms with E-state index in [0.29, 0.717) is 5.02 Å². The van der Waals surface area contributed by atoms with E-state index >= 15 is 0 Å². The lowest BCUT2D eigenvalue weighted by Gasteiger charge is -2.00. The zero-order valence-corrected chi connectivity index (χ0v) is 10.1. The fourth-order valence-corrected chi connectivity index (χ4v) is 1.61. The van der Waals surface area contributed by atoms with Gasteiger partial charge in [0.15, 0.2) is 5.78 Å². The fraction of sp³-hybridized carbons (Fsp3) is 0. The average molecular weight is 260 g/mol. The highest BCUT2D eigenvalue weighted by Gasteiger charge is 2.08. The van der Waals surface area contributed by atoms with Gasteiger partial charge in [0, 0.05) is 17.4 Å². The molecule has 0 spiro atoms. The number of carbonyl (C=O) groups excluding carboxylic acids is 1. The second-order valence-electron chi connectivity index (χ2n) is 3.65. The molecule has 90 valence electrons. The van der Waals surface area contributed by atoms with Crippen LogP contribution in [0, 0.1) is 0 Å². The van der Waals surface area contributed by atoms with Crippen LogP contribution in [-0.2, 0) is 0 Å². The number of phenolic OH excluding ortho intramolecular Hbond substituents is 1. The van der Waals surface area contributed by atoms with E-state index < -0.39 is 0 Å². The van der Waals surface area contributed by atoms with Crippen LogP contribution in [-0.4, -0.2) is 15.9 Å². The van der Waals surface area contributed by atoms with Crippen molar-refractivity contribution in [1.82, 2.24) is 4.98 Å². The number of allylic oxidation sites excluding steroid dienone is 1. The zero-order valence-electron chi connectivity index (χ0n) is 9.38. The molecular weight excluding hydrogens is 250 g/mol. The molecule has 4 heteroatoms. The lowest BCUT2D eigenvalue weighted by Crippen LogP contribution is -1.94. The standard InChI is InChI=1S/C14H10ClNO2/c15-11-4-6-14(18)12(8-11)13(17)5-3-10-2-1-7-16-9-10/h1-9,18H. The number of hydrogen-bond acceptors (Lipinski definition) is 3. The number of halogens is 1. The molecule has 0 saturated carbocycles. The summed E-state index contributed by atoms with van der Waals surface area (Å²) in [7, 11) is 0. The Morgan fingerprint density at radius 3 is 2.89 bits per heavy atom. The van der Waals surface area contributed by atoms with Crippen molar-refractivity contribution in [3.05, 3.63) is 65.0 Å². The van der Waals surface area contributed by atoms with Gasteiger partial charge in [0.05, 0.1) is 5.56 Å². The summed E-state index contributed by atoms with van der Waals surface area (Å²) < 4.78 is 0. The van der Waals surface area contributed by atoms with Crippen LogP contribution in [0.1, 0.15) is 15.9 Å². The second-order valence-corrected chi connectivity index (χ2v) is 4.08. The van der Waals surface area contributed by atoms with E-state index in [0.717, 1.165) is 5.56 Å². The van der Waals surface area contributed by atoms with E-state index in [1.165, 1.54) is 24.3 Å². The number of carbonyl (C=O) groups is 1. The fourth-order valence-electron chi connectivity index (χ4n) is 1.44. The lowest BCUT2D eigenvalue weighted by atomic mass is 10.1. The van der Waals surface area contributed by atoms with Crippen LogP contribution >= 0.6 is 11.6 Å². The Hall–Kier alpha value is -2.13. The number of aromatic hydroxyl groups is 1. The molecule has 1 heterocycles. The van der Waals surface area contributed by atoms with Crippen molar-refractivity contribution in [3.8, 4) is 5.75 Å². The molecule has 0 radical (unpaired) electrons. The molecular formula is C14H10ClNO2. The predicted octanol–water partition coefficient (Wildman–Crippen LogP) is 3.34. The predicted molar refractivity (Wildman–Crippen MR) is 70.7 cm³/mol. The third-order valence-corrected chi connectivity index (χ3v) is 2.57. The largest absolute Gasteiger partial charge is 0.507 e. The van der Waals surface area contributed by atoms with Gasteiger partial charge in [-0.3, -0.25) is 9.78 Å². The molecule has 0 aliphatic rings. The number of nitrogens with zero attached hydrogens (tertiary/aromatic N) is 1. The average Bonchev–Trinajstić information content (AvgIpc) is 2.40. The van der Waals surface area contributed by atoms with Crippen LogP contribution in [0.4, 0.5) is 0 Å². The molecule has 0 unspecified atom stereocenters. The Kier molecular flexibility index (Phi) is 3.75. The van der Waals surface area contributed by atoms with E-state index in [-0.39, 0.29) is 17.1 Å². The summed E-state index contributed by atoms with van der Waals surface area (Å²) in [4.78, 5) is 15.8. The van der Waals surface area contributed by atoms with E-state index in [2.05, 4.69) is 4.98 Å². The Labute approximate surface area is 109 Å². The summed E-state index contributed by atoms with van der Waals surface area (Å²) in [5.74, 6) is -0.390. The van der Waals surface area contributed by atoms with Crippen LogP contribution in [0.2, 0.25) is 5.02 Å². The van der Waals surface area contributed by atoms with Gasteiger partial charge in [0.1, 0.15) is 5.75 Å². The number of benzene rings is 1. The van der Waals surface area contributed by atoms with Crippen molar-refractivity contribution in [2.24, 2.45) is 0 Å². The summed E-state index contributed by atoms with van der Waals surface area (Å²) in [5.41, 5.74) is 0.995. The van der Waals surface area contributed by atoms with Crippen molar-refractivity contribution in [2.45, 2.75) is 0 Å². The van der Waals surface area contributed by atoms with E-state index in [1.807, 2.05) is 6.07 Å². The molecule has 1 aromatic carbocycles. The molecule has 0 saturated heterocycles. The van der Waals surface area contributed by atoms with Crippen LogP contribution < -0.4 is 0 Å². The number of pyridine rings is 1. The number of phenols is 1. The molecule has 0 fully saturated rings. The number of aromatic nitrogens is 1. The van der Waals surface area contributed by atoms with Gasteiger partial charge in [-0.2, -0.15) is 0 Å². The lowest BCUT2D eigenvalue weighted by molar-refractivity contribution is 0.104. The number of ketones is 1. The molecule has 3 nitrogen and oxygen atoms in total. The van der Waals surface area contributed by atoms with Gasteiger partial charge >= 0.3 is 0 Å². The molecule has 2 rings (SSSR count). The van der Waals surface area contributed by atoms with E-state index in [4.69, 9.17) is 11.6 Å². The van der Waals surface area contributed by atoms with Gasteiger partial charge in [-0.25, -0.2) is 0 Å². The second kappa shape index (κ2) is 5.47. The van der Waals surface area contributed by atoms with E-state index in [1.54, 1.807) is 24.5 Å². The number of hydrogen-bond donors (Lipinski definition) is 1. The highest BCUT2D eigenvalue weighted by Crippen LogP contribution is 2.22. The highest BCUT2D eigenvalue weighted by atomic mass is 35.5. The third kappa shape index (κ3) is 2.96. The Morgan fingerprint density at radius 2 is 2.17 bits per heavy atom. The van der Waals surface area contributed by atoms with Gasteiger partial charge in [-0.1, -0.05) is 17.7 Å². The molecule has 0 bridgehead atoms. The van der Waals surface area contributed by atoms with Gasteiger partial charge < -0.3 is 5.11 Å². The summed E-state index contributed by atoms with van der Waals surface area (Å²) >= 11 is 5.78. The molecule has 0 atom stereocenters. The summed E-state index contributed by atoms with van der Waals surface area (Å²) in [6.45, 7) is 0. The number of rotatable bonds is 3. The molecule has 18 heavy (non-hydrogen) atoms. The van der Waals surface area contributed by atoms with Gasteiger partial charge in [0.2, 0.25) is 0 Å². The van der Waals surface area contributed by atoms with Crippen LogP contribution in [0.5, 0.6) is 5.75 Å². The van der Waals surface area contributed by atoms with Crippen molar-refractivity contribution in [3.63, 3.8) is 0 Å².